The summed E-state index contributed by atoms with van der Waals surface area (Å²) in [6.45, 7) is 9.05. The average molecular weight is 293 g/mol. The number of carbonyl (C=O) groups is 2. The zero-order valence-corrected chi connectivity index (χ0v) is 13.0. The van der Waals surface area contributed by atoms with Gasteiger partial charge in [0.25, 0.3) is 0 Å². The highest BCUT2D eigenvalue weighted by molar-refractivity contribution is 5.91. The Bertz CT molecular complexity index is 499. The van der Waals surface area contributed by atoms with Crippen LogP contribution >= 0.6 is 0 Å². The molecule has 1 spiro atoms. The lowest BCUT2D eigenvalue weighted by atomic mass is 9.77. The molecule has 2 bridgehead atoms. The molecule has 3 rings (SSSR count). The Balaban J connectivity index is 1.85. The number of amides is 1. The first-order chi connectivity index (χ1) is 9.84. The zero-order valence-electron chi connectivity index (χ0n) is 13.0. The highest BCUT2D eigenvalue weighted by atomic mass is 16.6. The normalized spacial score (nSPS) is 37.0. The molecule has 4 atom stereocenters. The zero-order chi connectivity index (χ0) is 15.4. The summed E-state index contributed by atoms with van der Waals surface area (Å²) in [5, 5.41) is 0. The van der Waals surface area contributed by atoms with Crippen molar-refractivity contribution in [1.29, 1.82) is 0 Å². The number of likely N-dealkylation sites (tertiary alicyclic amines) is 1. The molecule has 116 valence electrons. The van der Waals surface area contributed by atoms with E-state index in [-0.39, 0.29) is 24.1 Å². The summed E-state index contributed by atoms with van der Waals surface area (Å²) in [6.07, 6.45) is 3.39. The summed E-state index contributed by atoms with van der Waals surface area (Å²) in [5.41, 5.74) is -0.614. The van der Waals surface area contributed by atoms with Gasteiger partial charge in [-0.05, 0) is 19.8 Å². The molecule has 2 saturated heterocycles. The van der Waals surface area contributed by atoms with Crippen LogP contribution < -0.4 is 0 Å². The molecule has 2 fully saturated rings. The third-order valence-electron chi connectivity index (χ3n) is 4.39. The highest BCUT2D eigenvalue weighted by Gasteiger charge is 2.67. The smallest absolute Gasteiger partial charge is 0.313 e. The average Bonchev–Trinajstić information content (AvgIpc) is 2.97. The van der Waals surface area contributed by atoms with Gasteiger partial charge in [-0.2, -0.15) is 0 Å². The van der Waals surface area contributed by atoms with Gasteiger partial charge in [0.15, 0.2) is 0 Å². The molecule has 5 nitrogen and oxygen atoms in total. The summed E-state index contributed by atoms with van der Waals surface area (Å²) < 4.78 is 11.3. The van der Waals surface area contributed by atoms with Crippen LogP contribution in [0.3, 0.4) is 0 Å². The van der Waals surface area contributed by atoms with Crippen molar-refractivity contribution in [2.75, 3.05) is 13.1 Å². The number of rotatable bonds is 4. The fourth-order valence-corrected chi connectivity index (χ4v) is 3.75. The molecular formula is C16H23NO4. The monoisotopic (exact) mass is 293 g/mol. The standard InChI is InChI=1S/C16H23NO4/c1-9(2)7-17-8-16-6-5-11(21-16)12(13(16)14(17)18)15(19)20-10(3)4/h5-6,9-13H,7-8H2,1-4H3/t11-,12+,13-,16+/m0/s1. The number of fused-ring (bicyclic) bond motifs is 1. The van der Waals surface area contributed by atoms with Crippen molar-refractivity contribution < 1.29 is 19.1 Å². The lowest BCUT2D eigenvalue weighted by Gasteiger charge is -2.23. The van der Waals surface area contributed by atoms with E-state index in [2.05, 4.69) is 13.8 Å². The topological polar surface area (TPSA) is 55.8 Å². The number of nitrogens with zero attached hydrogens (tertiary/aromatic N) is 1. The number of esters is 1. The van der Waals surface area contributed by atoms with Crippen LogP contribution in [0.25, 0.3) is 0 Å². The van der Waals surface area contributed by atoms with Crippen LogP contribution in [0.4, 0.5) is 0 Å². The van der Waals surface area contributed by atoms with Gasteiger partial charge < -0.3 is 14.4 Å². The van der Waals surface area contributed by atoms with Gasteiger partial charge in [0, 0.05) is 6.54 Å². The van der Waals surface area contributed by atoms with Gasteiger partial charge in [-0.1, -0.05) is 26.0 Å². The Morgan fingerprint density at radius 3 is 2.81 bits per heavy atom. The molecule has 0 aromatic rings. The first-order valence-electron chi connectivity index (χ1n) is 7.70. The Labute approximate surface area is 125 Å². The molecule has 0 aliphatic carbocycles. The summed E-state index contributed by atoms with van der Waals surface area (Å²) in [4.78, 5) is 26.9. The van der Waals surface area contributed by atoms with E-state index in [4.69, 9.17) is 9.47 Å². The van der Waals surface area contributed by atoms with Crippen LogP contribution in [0.2, 0.25) is 0 Å². The molecule has 1 amide bonds. The minimum atomic E-state index is -0.614. The molecule has 3 aliphatic rings. The maximum atomic E-state index is 12.7. The van der Waals surface area contributed by atoms with Gasteiger partial charge in [-0.15, -0.1) is 0 Å². The second-order valence-electron chi connectivity index (χ2n) is 7.00. The van der Waals surface area contributed by atoms with Crippen molar-refractivity contribution in [2.24, 2.45) is 17.8 Å². The molecule has 3 heterocycles. The van der Waals surface area contributed by atoms with Crippen molar-refractivity contribution in [3.05, 3.63) is 12.2 Å². The maximum Gasteiger partial charge on any atom is 0.313 e. The fraction of sp³-hybridized carbons (Fsp3) is 0.750. The molecule has 0 aromatic heterocycles. The molecule has 0 aromatic carbocycles. The Morgan fingerprint density at radius 2 is 2.19 bits per heavy atom. The lowest BCUT2D eigenvalue weighted by molar-refractivity contribution is -0.157. The summed E-state index contributed by atoms with van der Waals surface area (Å²) in [5.74, 6) is -0.807. The van der Waals surface area contributed by atoms with Crippen LogP contribution in [-0.4, -0.2) is 47.7 Å². The van der Waals surface area contributed by atoms with Gasteiger partial charge in [0.05, 0.1) is 24.7 Å². The number of hydrogen-bond donors (Lipinski definition) is 0. The molecule has 0 N–H and O–H groups in total. The molecule has 0 unspecified atom stereocenters. The molecular weight excluding hydrogens is 270 g/mol. The third kappa shape index (κ3) is 2.18. The first kappa shape index (κ1) is 14.6. The largest absolute Gasteiger partial charge is 0.463 e. The van der Waals surface area contributed by atoms with E-state index in [9.17, 15) is 9.59 Å². The molecule has 3 aliphatic heterocycles. The predicted molar refractivity (Wildman–Crippen MR) is 76.4 cm³/mol. The molecule has 5 heteroatoms. The fourth-order valence-electron chi connectivity index (χ4n) is 3.75. The Kier molecular flexibility index (Phi) is 3.35. The minimum Gasteiger partial charge on any atom is -0.463 e. The number of ether oxygens (including phenoxy) is 2. The van der Waals surface area contributed by atoms with E-state index >= 15 is 0 Å². The lowest BCUT2D eigenvalue weighted by Crippen LogP contribution is -2.40. The van der Waals surface area contributed by atoms with Crippen LogP contribution in [0.1, 0.15) is 27.7 Å². The van der Waals surface area contributed by atoms with Crippen LogP contribution in [0, 0.1) is 17.8 Å². The second kappa shape index (κ2) is 4.83. The second-order valence-corrected chi connectivity index (χ2v) is 7.00. The van der Waals surface area contributed by atoms with Crippen LogP contribution in [0.15, 0.2) is 12.2 Å². The summed E-state index contributed by atoms with van der Waals surface area (Å²) >= 11 is 0. The van der Waals surface area contributed by atoms with Crippen LogP contribution in [-0.2, 0) is 19.1 Å². The van der Waals surface area contributed by atoms with Crippen molar-refractivity contribution in [2.45, 2.75) is 45.5 Å². The van der Waals surface area contributed by atoms with Crippen molar-refractivity contribution >= 4 is 11.9 Å². The minimum absolute atomic E-state index is 0.0289. The molecule has 21 heavy (non-hydrogen) atoms. The van der Waals surface area contributed by atoms with Crippen molar-refractivity contribution in [3.63, 3.8) is 0 Å². The molecule has 0 saturated carbocycles. The quantitative estimate of drug-likeness (QED) is 0.580. The Morgan fingerprint density at radius 1 is 1.48 bits per heavy atom. The van der Waals surface area contributed by atoms with E-state index in [0.717, 1.165) is 0 Å². The van der Waals surface area contributed by atoms with Gasteiger partial charge in [-0.3, -0.25) is 9.59 Å². The van der Waals surface area contributed by atoms with Gasteiger partial charge >= 0.3 is 5.97 Å². The van der Waals surface area contributed by atoms with Gasteiger partial charge in [-0.25, -0.2) is 0 Å². The van der Waals surface area contributed by atoms with E-state index < -0.39 is 17.4 Å². The Hall–Kier alpha value is -1.36. The van der Waals surface area contributed by atoms with Gasteiger partial charge in [0.1, 0.15) is 11.5 Å². The van der Waals surface area contributed by atoms with Gasteiger partial charge in [0.2, 0.25) is 5.91 Å². The first-order valence-corrected chi connectivity index (χ1v) is 7.70. The van der Waals surface area contributed by atoms with Crippen molar-refractivity contribution in [3.8, 4) is 0 Å². The van der Waals surface area contributed by atoms with E-state index in [1.807, 2.05) is 30.9 Å². The number of carbonyl (C=O) groups excluding carboxylic acids is 2. The summed E-state index contributed by atoms with van der Waals surface area (Å²) in [6, 6.07) is 0. The van der Waals surface area contributed by atoms with Crippen molar-refractivity contribution in [1.82, 2.24) is 4.90 Å². The molecule has 0 radical (unpaired) electrons. The number of hydrogen-bond acceptors (Lipinski definition) is 4. The maximum absolute atomic E-state index is 12.7. The third-order valence-corrected chi connectivity index (χ3v) is 4.39. The van der Waals surface area contributed by atoms with E-state index in [1.54, 1.807) is 0 Å². The van der Waals surface area contributed by atoms with Crippen LogP contribution in [0.5, 0.6) is 0 Å². The predicted octanol–water partition coefficient (Wildman–Crippen LogP) is 1.38. The van der Waals surface area contributed by atoms with E-state index in [0.29, 0.717) is 19.0 Å². The summed E-state index contributed by atoms with van der Waals surface area (Å²) in [7, 11) is 0. The SMILES string of the molecule is CC(C)CN1C[C@@]23C=C[C@H](O2)[C@@H](C(=O)OC(C)C)[C@H]3C1=O. The highest BCUT2D eigenvalue weighted by Crippen LogP contribution is 2.52. The van der Waals surface area contributed by atoms with E-state index in [1.165, 1.54) is 0 Å².